The van der Waals surface area contributed by atoms with Gasteiger partial charge in [-0.1, -0.05) is 6.08 Å². The molecule has 2 aliphatic rings. The first-order valence-electron chi connectivity index (χ1n) is 3.05. The molecule has 2 heterocycles. The molecule has 0 saturated heterocycles. The molecule has 0 bridgehead atoms. The molecule has 0 aromatic carbocycles. The first-order valence-corrected chi connectivity index (χ1v) is 3.85. The van der Waals surface area contributed by atoms with Crippen LogP contribution in [-0.4, -0.2) is 18.6 Å². The summed E-state index contributed by atoms with van der Waals surface area (Å²) in [5.41, 5.74) is 2.89. The van der Waals surface area contributed by atoms with E-state index in [1.165, 1.54) is 0 Å². The van der Waals surface area contributed by atoms with Gasteiger partial charge in [0.15, 0.2) is 0 Å². The summed E-state index contributed by atoms with van der Waals surface area (Å²) >= 11 is 3.35. The third-order valence-corrected chi connectivity index (χ3v) is 2.00. The van der Waals surface area contributed by atoms with Crippen molar-refractivity contribution in [1.82, 2.24) is 5.43 Å². The Morgan fingerprint density at radius 2 is 2.50 bits per heavy atom. The van der Waals surface area contributed by atoms with Gasteiger partial charge in [-0.2, -0.15) is 5.10 Å². The minimum Gasteiger partial charge on any atom is -0.285 e. The van der Waals surface area contributed by atoms with Crippen LogP contribution in [0.1, 0.15) is 0 Å². The van der Waals surface area contributed by atoms with Gasteiger partial charge < -0.3 is 0 Å². The van der Waals surface area contributed by atoms with E-state index in [0.717, 1.165) is 4.48 Å². The molecular formula is C6H6BrN3. The van der Waals surface area contributed by atoms with Crippen LogP contribution in [-0.2, 0) is 0 Å². The van der Waals surface area contributed by atoms with E-state index < -0.39 is 0 Å². The van der Waals surface area contributed by atoms with E-state index in [0.29, 0.717) is 5.92 Å². The summed E-state index contributed by atoms with van der Waals surface area (Å²) in [6.45, 7) is 0. The van der Waals surface area contributed by atoms with Crippen LogP contribution in [0.15, 0.2) is 20.7 Å². The third-order valence-electron chi connectivity index (χ3n) is 1.53. The first kappa shape index (κ1) is 6.09. The number of nitrogens with one attached hydrogen (secondary N) is 1. The Bertz CT molecular complexity index is 231. The van der Waals surface area contributed by atoms with Crippen molar-refractivity contribution in [3.8, 4) is 0 Å². The van der Waals surface area contributed by atoms with Crippen LogP contribution in [0, 0.1) is 5.92 Å². The molecule has 3 nitrogen and oxygen atoms in total. The minimum atomic E-state index is 0.140. The zero-order valence-corrected chi connectivity index (χ0v) is 6.75. The summed E-state index contributed by atoms with van der Waals surface area (Å²) < 4.78 is 1.03. The molecule has 52 valence electrons. The number of halogens is 1. The van der Waals surface area contributed by atoms with Crippen LogP contribution < -0.4 is 5.43 Å². The van der Waals surface area contributed by atoms with Crippen LogP contribution in [0.2, 0.25) is 0 Å². The summed E-state index contributed by atoms with van der Waals surface area (Å²) in [6, 6.07) is 0. The van der Waals surface area contributed by atoms with E-state index in [4.69, 9.17) is 0 Å². The molecule has 0 aliphatic carbocycles. The normalized spacial score (nSPS) is 35.1. The van der Waals surface area contributed by atoms with E-state index in [2.05, 4.69) is 37.5 Å². The van der Waals surface area contributed by atoms with Crippen LogP contribution in [0.4, 0.5) is 0 Å². The van der Waals surface area contributed by atoms with E-state index in [-0.39, 0.29) is 6.17 Å². The monoisotopic (exact) mass is 199 g/mol. The Labute approximate surface area is 67.0 Å². The van der Waals surface area contributed by atoms with Gasteiger partial charge in [0.05, 0.1) is 5.92 Å². The van der Waals surface area contributed by atoms with E-state index >= 15 is 0 Å². The Kier molecular flexibility index (Phi) is 1.34. The molecule has 0 spiro atoms. The SMILES string of the molecule is BrC1=CC2C=NNC2N=C1. The minimum absolute atomic E-state index is 0.140. The van der Waals surface area contributed by atoms with Crippen molar-refractivity contribution in [1.29, 1.82) is 0 Å². The predicted molar refractivity (Wildman–Crippen MR) is 44.4 cm³/mol. The van der Waals surface area contributed by atoms with Gasteiger partial charge in [-0.25, -0.2) is 0 Å². The van der Waals surface area contributed by atoms with Crippen molar-refractivity contribution in [2.45, 2.75) is 6.17 Å². The van der Waals surface area contributed by atoms with Crippen LogP contribution in [0.3, 0.4) is 0 Å². The molecule has 2 rings (SSSR count). The predicted octanol–water partition coefficient (Wildman–Crippen LogP) is 0.881. The smallest absolute Gasteiger partial charge is 0.145 e. The highest BCUT2D eigenvalue weighted by Gasteiger charge is 2.22. The molecule has 0 saturated carbocycles. The molecule has 0 amide bonds. The van der Waals surface area contributed by atoms with E-state index in [1.807, 2.05) is 6.21 Å². The maximum absolute atomic E-state index is 4.20. The van der Waals surface area contributed by atoms with Gasteiger partial charge in [-0.05, 0) is 15.9 Å². The number of hydrogen-bond donors (Lipinski definition) is 1. The average Bonchev–Trinajstić information content (AvgIpc) is 2.33. The standard InChI is InChI=1S/C6H6BrN3/c7-5-1-4-2-9-10-6(4)8-3-5/h1-4,6,10H. The lowest BCUT2D eigenvalue weighted by Gasteiger charge is -2.13. The number of fused-ring (bicyclic) bond motifs is 1. The third kappa shape index (κ3) is 0.883. The molecule has 0 aromatic rings. The number of dihydropyridines is 1. The summed E-state index contributed by atoms with van der Waals surface area (Å²) in [5, 5.41) is 3.91. The number of nitrogens with zero attached hydrogens (tertiary/aromatic N) is 2. The first-order chi connectivity index (χ1) is 4.86. The molecule has 0 aromatic heterocycles. The molecule has 2 unspecified atom stereocenters. The van der Waals surface area contributed by atoms with E-state index in [9.17, 15) is 0 Å². The van der Waals surface area contributed by atoms with Gasteiger partial charge in [0, 0.05) is 16.9 Å². The molecule has 1 N–H and O–H groups in total. The van der Waals surface area contributed by atoms with Crippen molar-refractivity contribution >= 4 is 28.4 Å². The summed E-state index contributed by atoms with van der Waals surface area (Å²) in [5.74, 6) is 0.333. The van der Waals surface area contributed by atoms with Gasteiger partial charge in [-0.3, -0.25) is 10.4 Å². The Hall–Kier alpha value is -0.640. The van der Waals surface area contributed by atoms with Crippen molar-refractivity contribution in [2.75, 3.05) is 0 Å². The zero-order valence-electron chi connectivity index (χ0n) is 5.16. The highest BCUT2D eigenvalue weighted by molar-refractivity contribution is 9.12. The molecule has 0 fully saturated rings. The summed E-state index contributed by atoms with van der Waals surface area (Å²) in [4.78, 5) is 4.20. The molecule has 2 aliphatic heterocycles. The van der Waals surface area contributed by atoms with Gasteiger partial charge in [-0.15, -0.1) is 0 Å². The number of aliphatic imine (C=N–C) groups is 1. The number of hydrazone groups is 1. The lowest BCUT2D eigenvalue weighted by atomic mass is 10.1. The molecular weight excluding hydrogens is 194 g/mol. The Morgan fingerprint density at radius 1 is 1.60 bits per heavy atom. The second kappa shape index (κ2) is 2.20. The quantitative estimate of drug-likeness (QED) is 0.619. The highest BCUT2D eigenvalue weighted by Crippen LogP contribution is 2.18. The Balaban J connectivity index is 2.26. The van der Waals surface area contributed by atoms with E-state index in [1.54, 1.807) is 6.21 Å². The molecule has 2 atom stereocenters. The van der Waals surface area contributed by atoms with Crippen molar-refractivity contribution in [3.05, 3.63) is 10.6 Å². The number of hydrogen-bond acceptors (Lipinski definition) is 3. The van der Waals surface area contributed by atoms with Crippen LogP contribution in [0.5, 0.6) is 0 Å². The molecule has 4 heteroatoms. The number of rotatable bonds is 0. The van der Waals surface area contributed by atoms with Gasteiger partial charge in [0.25, 0.3) is 0 Å². The van der Waals surface area contributed by atoms with Gasteiger partial charge in [0.2, 0.25) is 0 Å². The fraction of sp³-hybridized carbons (Fsp3) is 0.333. The average molecular weight is 200 g/mol. The Morgan fingerprint density at radius 3 is 3.40 bits per heavy atom. The zero-order chi connectivity index (χ0) is 6.97. The van der Waals surface area contributed by atoms with Crippen LogP contribution in [0.25, 0.3) is 0 Å². The second-order valence-electron chi connectivity index (χ2n) is 2.26. The van der Waals surface area contributed by atoms with Crippen molar-refractivity contribution in [3.63, 3.8) is 0 Å². The molecule has 10 heavy (non-hydrogen) atoms. The lowest BCUT2D eigenvalue weighted by molar-refractivity contribution is 0.550. The van der Waals surface area contributed by atoms with Gasteiger partial charge >= 0.3 is 0 Å². The fourth-order valence-electron chi connectivity index (χ4n) is 1.02. The topological polar surface area (TPSA) is 36.8 Å². The number of allylic oxidation sites excluding steroid dienone is 1. The van der Waals surface area contributed by atoms with Crippen molar-refractivity contribution in [2.24, 2.45) is 16.0 Å². The second-order valence-corrected chi connectivity index (χ2v) is 3.17. The largest absolute Gasteiger partial charge is 0.285 e. The summed E-state index contributed by atoms with van der Waals surface area (Å²) in [6.07, 6.45) is 5.88. The maximum atomic E-state index is 4.20. The van der Waals surface area contributed by atoms with Crippen molar-refractivity contribution < 1.29 is 0 Å². The highest BCUT2D eigenvalue weighted by atomic mass is 79.9. The maximum Gasteiger partial charge on any atom is 0.145 e. The van der Waals surface area contributed by atoms with Gasteiger partial charge in [0.1, 0.15) is 6.17 Å². The molecule has 0 radical (unpaired) electrons. The van der Waals surface area contributed by atoms with Crippen LogP contribution >= 0.6 is 15.9 Å². The summed E-state index contributed by atoms with van der Waals surface area (Å²) in [7, 11) is 0. The lowest BCUT2D eigenvalue weighted by Crippen LogP contribution is -2.26. The fourth-order valence-corrected chi connectivity index (χ4v) is 1.44.